The van der Waals surface area contributed by atoms with Crippen molar-refractivity contribution >= 4 is 23.1 Å². The molecule has 7 nitrogen and oxygen atoms in total. The van der Waals surface area contributed by atoms with Gasteiger partial charge in [0.15, 0.2) is 11.5 Å². The van der Waals surface area contributed by atoms with Crippen LogP contribution >= 0.6 is 11.3 Å². The molecule has 0 spiro atoms. The van der Waals surface area contributed by atoms with E-state index in [1.54, 1.807) is 19.9 Å². The van der Waals surface area contributed by atoms with Gasteiger partial charge in [0.25, 0.3) is 11.8 Å². The molecule has 0 aromatic carbocycles. The summed E-state index contributed by atoms with van der Waals surface area (Å²) >= 11 is 1.19. The Morgan fingerprint density at radius 2 is 1.94 bits per heavy atom. The number of alkyl halides is 5. The predicted octanol–water partition coefficient (Wildman–Crippen LogP) is 4.92. The van der Waals surface area contributed by atoms with Crippen LogP contribution in [0.3, 0.4) is 0 Å². The molecule has 35 heavy (non-hydrogen) atoms. The van der Waals surface area contributed by atoms with Gasteiger partial charge in [0, 0.05) is 31.6 Å². The Hall–Kier alpha value is -3.22. The summed E-state index contributed by atoms with van der Waals surface area (Å²) < 4.78 is 67.4. The highest BCUT2D eigenvalue weighted by molar-refractivity contribution is 7.15. The number of halogens is 5. The van der Waals surface area contributed by atoms with Crippen LogP contribution in [0.5, 0.6) is 0 Å². The molecule has 3 aromatic heterocycles. The number of aromatic nitrogens is 4. The molecule has 4 heterocycles. The first kappa shape index (κ1) is 24.9. The van der Waals surface area contributed by atoms with E-state index in [1.165, 1.54) is 23.7 Å². The lowest BCUT2D eigenvalue weighted by Gasteiger charge is -2.43. The number of piperidine rings is 1. The van der Waals surface area contributed by atoms with Crippen LogP contribution in [0.4, 0.5) is 27.8 Å². The number of anilines is 1. The highest BCUT2D eigenvalue weighted by Crippen LogP contribution is 2.37. The first-order valence-corrected chi connectivity index (χ1v) is 11.5. The number of hydrogen-bond acceptors (Lipinski definition) is 7. The predicted molar refractivity (Wildman–Crippen MR) is 119 cm³/mol. The van der Waals surface area contributed by atoms with Crippen LogP contribution in [0, 0.1) is 12.8 Å². The molecule has 0 saturated carbocycles. The molecule has 0 aliphatic carbocycles. The van der Waals surface area contributed by atoms with Crippen molar-refractivity contribution in [2.24, 2.45) is 5.92 Å². The summed E-state index contributed by atoms with van der Waals surface area (Å²) in [7, 11) is 0. The minimum absolute atomic E-state index is 0.0127. The van der Waals surface area contributed by atoms with E-state index < -0.39 is 48.5 Å². The first-order valence-electron chi connectivity index (χ1n) is 10.7. The number of nitrogens with one attached hydrogen (secondary N) is 1. The van der Waals surface area contributed by atoms with Gasteiger partial charge >= 0.3 is 6.18 Å². The second kappa shape index (κ2) is 9.44. The maximum absolute atomic E-state index is 14.5. The fourth-order valence-corrected chi connectivity index (χ4v) is 4.89. The van der Waals surface area contributed by atoms with Crippen LogP contribution in [-0.4, -0.2) is 55.8 Å². The summed E-state index contributed by atoms with van der Waals surface area (Å²) in [6, 6.07) is 2.97. The third kappa shape index (κ3) is 5.55. The largest absolute Gasteiger partial charge is 0.417 e. The molecule has 1 aliphatic rings. The van der Waals surface area contributed by atoms with Crippen LogP contribution in [-0.2, 0) is 6.18 Å². The quantitative estimate of drug-likeness (QED) is 0.489. The summed E-state index contributed by atoms with van der Waals surface area (Å²) in [5.74, 6) is -4.00. The van der Waals surface area contributed by atoms with Crippen molar-refractivity contribution in [1.29, 1.82) is 0 Å². The van der Waals surface area contributed by atoms with E-state index in [-0.39, 0.29) is 23.9 Å². The van der Waals surface area contributed by atoms with Crippen molar-refractivity contribution in [3.63, 3.8) is 0 Å². The molecule has 2 unspecified atom stereocenters. The van der Waals surface area contributed by atoms with E-state index in [4.69, 9.17) is 0 Å². The molecule has 13 heteroatoms. The fraction of sp³-hybridized carbons (Fsp3) is 0.409. The van der Waals surface area contributed by atoms with Crippen molar-refractivity contribution in [3.8, 4) is 10.7 Å². The molecule has 0 radical (unpaired) electrons. The highest BCUT2D eigenvalue weighted by atomic mass is 32.1. The van der Waals surface area contributed by atoms with E-state index in [2.05, 4.69) is 25.3 Å². The minimum atomic E-state index is -4.52. The van der Waals surface area contributed by atoms with Crippen LogP contribution in [0.25, 0.3) is 10.7 Å². The van der Waals surface area contributed by atoms with Crippen LogP contribution in [0.1, 0.15) is 34.4 Å². The standard InChI is InChI=1S/C22H21F5N6OS/c1-12-8-21(23,24)11-33(15(12)10-31-16-5-4-14(9-30-16)22(25,26)27)20(34)17-18(35-13(2)32-17)19-28-6-3-7-29-19/h3-7,9,12,15H,8,10-11H2,1-2H3,(H,30,31). The van der Waals surface area contributed by atoms with Crippen LogP contribution in [0.15, 0.2) is 36.8 Å². The number of thiazole rings is 1. The van der Waals surface area contributed by atoms with E-state index in [0.29, 0.717) is 16.1 Å². The zero-order chi connectivity index (χ0) is 25.4. The van der Waals surface area contributed by atoms with Gasteiger partial charge in [0.05, 0.1) is 23.2 Å². The molecular formula is C22H21F5N6OS. The van der Waals surface area contributed by atoms with Gasteiger partial charge in [-0.2, -0.15) is 13.2 Å². The van der Waals surface area contributed by atoms with Gasteiger partial charge in [-0.1, -0.05) is 6.92 Å². The van der Waals surface area contributed by atoms with E-state index >= 15 is 0 Å². The SMILES string of the molecule is Cc1nc(C(=O)N2CC(F)(F)CC(C)C2CNc2ccc(C(F)(F)F)cn2)c(-c2ncccn2)s1. The van der Waals surface area contributed by atoms with Gasteiger partial charge in [0.2, 0.25) is 0 Å². The zero-order valence-corrected chi connectivity index (χ0v) is 19.5. The van der Waals surface area contributed by atoms with Gasteiger partial charge < -0.3 is 10.2 Å². The third-order valence-electron chi connectivity index (χ3n) is 5.63. The van der Waals surface area contributed by atoms with Gasteiger partial charge in [-0.3, -0.25) is 4.79 Å². The molecular weight excluding hydrogens is 491 g/mol. The number of nitrogens with zero attached hydrogens (tertiary/aromatic N) is 5. The summed E-state index contributed by atoms with van der Waals surface area (Å²) in [4.78, 5) is 31.3. The van der Waals surface area contributed by atoms with Gasteiger partial charge in [0.1, 0.15) is 10.7 Å². The first-order chi connectivity index (χ1) is 16.4. The van der Waals surface area contributed by atoms with Crippen molar-refractivity contribution in [2.75, 3.05) is 18.4 Å². The lowest BCUT2D eigenvalue weighted by molar-refractivity contribution is -0.137. The van der Waals surface area contributed by atoms with Crippen molar-refractivity contribution in [1.82, 2.24) is 24.8 Å². The number of pyridine rings is 1. The molecule has 3 aromatic rings. The van der Waals surface area contributed by atoms with Crippen molar-refractivity contribution < 1.29 is 26.7 Å². The Kier molecular flexibility index (Phi) is 6.71. The zero-order valence-electron chi connectivity index (χ0n) is 18.7. The van der Waals surface area contributed by atoms with Crippen LogP contribution in [0.2, 0.25) is 0 Å². The molecule has 1 N–H and O–H groups in total. The summed E-state index contributed by atoms with van der Waals surface area (Å²) in [6.45, 7) is 2.50. The molecule has 1 aliphatic heterocycles. The monoisotopic (exact) mass is 512 g/mol. The summed E-state index contributed by atoms with van der Waals surface area (Å²) in [5, 5.41) is 3.43. The lowest BCUT2D eigenvalue weighted by atomic mass is 9.88. The van der Waals surface area contributed by atoms with Gasteiger partial charge in [-0.25, -0.2) is 28.7 Å². The maximum Gasteiger partial charge on any atom is 0.417 e. The topological polar surface area (TPSA) is 83.9 Å². The van der Waals surface area contributed by atoms with Crippen molar-refractivity contribution in [3.05, 3.63) is 53.1 Å². The number of aryl methyl sites for hydroxylation is 1. The van der Waals surface area contributed by atoms with E-state index in [1.807, 2.05) is 0 Å². The third-order valence-corrected chi connectivity index (χ3v) is 6.60. The number of carbonyl (C=O) groups excluding carboxylic acids is 1. The number of carbonyl (C=O) groups is 1. The average molecular weight is 513 g/mol. The normalized spacial score (nSPS) is 20.0. The fourth-order valence-electron chi connectivity index (χ4n) is 4.03. The Balaban J connectivity index is 1.60. The second-order valence-corrected chi connectivity index (χ2v) is 9.53. The Morgan fingerprint density at radius 3 is 2.57 bits per heavy atom. The number of hydrogen-bond donors (Lipinski definition) is 1. The molecule has 186 valence electrons. The van der Waals surface area contributed by atoms with Gasteiger partial charge in [-0.05, 0) is 31.0 Å². The number of rotatable bonds is 5. The molecule has 0 bridgehead atoms. The molecule has 2 atom stereocenters. The lowest BCUT2D eigenvalue weighted by Crippen LogP contribution is -2.57. The Morgan fingerprint density at radius 1 is 1.23 bits per heavy atom. The number of amides is 1. The smallest absolute Gasteiger partial charge is 0.368 e. The summed E-state index contributed by atoms with van der Waals surface area (Å²) in [6.07, 6.45) is -1.26. The Bertz CT molecular complexity index is 1190. The van der Waals surface area contributed by atoms with E-state index in [9.17, 15) is 26.7 Å². The number of likely N-dealkylation sites (tertiary alicyclic amines) is 1. The Labute approximate surface area is 201 Å². The van der Waals surface area contributed by atoms with E-state index in [0.717, 1.165) is 17.0 Å². The van der Waals surface area contributed by atoms with Crippen LogP contribution < -0.4 is 5.32 Å². The minimum Gasteiger partial charge on any atom is -0.368 e. The average Bonchev–Trinajstić information content (AvgIpc) is 3.19. The second-order valence-electron chi connectivity index (χ2n) is 8.33. The summed E-state index contributed by atoms with van der Waals surface area (Å²) in [5.41, 5.74) is -0.915. The molecule has 4 rings (SSSR count). The van der Waals surface area contributed by atoms with Crippen molar-refractivity contribution in [2.45, 2.75) is 38.4 Å². The molecule has 1 fully saturated rings. The maximum atomic E-state index is 14.5. The molecule has 1 saturated heterocycles. The molecule has 1 amide bonds. The van der Waals surface area contributed by atoms with Gasteiger partial charge in [-0.15, -0.1) is 11.3 Å². The highest BCUT2D eigenvalue weighted by Gasteiger charge is 2.47.